The van der Waals surface area contributed by atoms with Crippen molar-refractivity contribution in [2.45, 2.75) is 12.0 Å². The molecular weight excluding hydrogens is 455 g/mol. The zero-order chi connectivity index (χ0) is 23.0. The Morgan fingerprint density at radius 3 is 2.50 bits per heavy atom. The number of nitrogens with one attached hydrogen (secondary N) is 1. The zero-order valence-corrected chi connectivity index (χ0v) is 19.1. The maximum atomic E-state index is 13.6. The minimum absolute atomic E-state index is 0.0969. The predicted molar refractivity (Wildman–Crippen MR) is 121 cm³/mol. The van der Waals surface area contributed by atoms with Gasteiger partial charge in [-0.15, -0.1) is 11.3 Å². The average Bonchev–Trinajstić information content (AvgIpc) is 3.32. The number of carbonyl (C=O) groups excluding carboxylic acids is 2. The second-order valence-corrected chi connectivity index (χ2v) is 8.65. The Kier molecular flexibility index (Phi) is 6.08. The lowest BCUT2D eigenvalue weighted by molar-refractivity contribution is -0.119. The SMILES string of the molecule is COc1cc2c(cc1OC)[C@@H](C(=O)Nc1ccc(F)c(Cl)c1)[C@H](c1cccs1)N(C)C2=O. The predicted octanol–water partition coefficient (Wildman–Crippen LogP) is 5.11. The first-order valence-corrected chi connectivity index (χ1v) is 10.9. The van der Waals surface area contributed by atoms with Gasteiger partial charge in [0.2, 0.25) is 5.91 Å². The summed E-state index contributed by atoms with van der Waals surface area (Å²) >= 11 is 7.34. The fourth-order valence-electron chi connectivity index (χ4n) is 3.94. The van der Waals surface area contributed by atoms with Gasteiger partial charge in [-0.25, -0.2) is 4.39 Å². The summed E-state index contributed by atoms with van der Waals surface area (Å²) in [5, 5.41) is 4.62. The molecule has 32 heavy (non-hydrogen) atoms. The Morgan fingerprint density at radius 2 is 1.88 bits per heavy atom. The van der Waals surface area contributed by atoms with Crippen LogP contribution in [0.15, 0.2) is 47.8 Å². The third-order valence-corrected chi connectivity index (χ3v) is 6.71. The second kappa shape index (κ2) is 8.80. The van der Waals surface area contributed by atoms with Crippen LogP contribution in [0.25, 0.3) is 0 Å². The molecule has 0 fully saturated rings. The molecule has 0 unspecified atom stereocenters. The van der Waals surface area contributed by atoms with Crippen LogP contribution >= 0.6 is 22.9 Å². The Hall–Kier alpha value is -3.10. The zero-order valence-electron chi connectivity index (χ0n) is 17.5. The molecule has 2 aromatic carbocycles. The molecule has 0 aliphatic carbocycles. The number of ether oxygens (including phenoxy) is 2. The van der Waals surface area contributed by atoms with E-state index in [1.54, 1.807) is 24.1 Å². The number of fused-ring (bicyclic) bond motifs is 1. The minimum atomic E-state index is -0.755. The van der Waals surface area contributed by atoms with Gasteiger partial charge in [0, 0.05) is 23.2 Å². The van der Waals surface area contributed by atoms with E-state index in [0.29, 0.717) is 28.3 Å². The number of nitrogens with zero attached hydrogens (tertiary/aromatic N) is 1. The lowest BCUT2D eigenvalue weighted by Gasteiger charge is -2.39. The Morgan fingerprint density at radius 1 is 1.16 bits per heavy atom. The van der Waals surface area contributed by atoms with Crippen LogP contribution in [0.4, 0.5) is 10.1 Å². The number of methoxy groups -OCH3 is 2. The Balaban J connectivity index is 1.85. The molecule has 0 saturated carbocycles. The number of thiophene rings is 1. The molecule has 0 bridgehead atoms. The van der Waals surface area contributed by atoms with Gasteiger partial charge in [-0.05, 0) is 47.3 Å². The molecule has 1 N–H and O–H groups in total. The summed E-state index contributed by atoms with van der Waals surface area (Å²) in [5.41, 5.74) is 1.23. The van der Waals surface area contributed by atoms with Gasteiger partial charge in [0.25, 0.3) is 5.91 Å². The summed E-state index contributed by atoms with van der Waals surface area (Å²) in [6.45, 7) is 0. The summed E-state index contributed by atoms with van der Waals surface area (Å²) in [7, 11) is 4.65. The molecule has 2 atom stereocenters. The van der Waals surface area contributed by atoms with Crippen LogP contribution in [0.2, 0.25) is 5.02 Å². The van der Waals surface area contributed by atoms with Crippen molar-refractivity contribution in [2.75, 3.05) is 26.6 Å². The van der Waals surface area contributed by atoms with Crippen LogP contribution < -0.4 is 14.8 Å². The van der Waals surface area contributed by atoms with Gasteiger partial charge in [-0.1, -0.05) is 17.7 Å². The van der Waals surface area contributed by atoms with Crippen LogP contribution in [-0.2, 0) is 4.79 Å². The van der Waals surface area contributed by atoms with Crippen molar-refractivity contribution in [2.24, 2.45) is 0 Å². The maximum absolute atomic E-state index is 13.6. The molecule has 4 rings (SSSR count). The molecule has 6 nitrogen and oxygen atoms in total. The average molecular weight is 475 g/mol. The maximum Gasteiger partial charge on any atom is 0.254 e. The number of amides is 2. The van der Waals surface area contributed by atoms with E-state index in [-0.39, 0.29) is 16.8 Å². The van der Waals surface area contributed by atoms with Gasteiger partial charge < -0.3 is 19.7 Å². The third-order valence-electron chi connectivity index (χ3n) is 5.48. The van der Waals surface area contributed by atoms with E-state index in [1.807, 2.05) is 17.5 Å². The van der Waals surface area contributed by atoms with E-state index < -0.39 is 17.8 Å². The molecule has 0 radical (unpaired) electrons. The molecule has 1 aromatic heterocycles. The van der Waals surface area contributed by atoms with Gasteiger partial charge in [0.05, 0.1) is 31.2 Å². The molecule has 9 heteroatoms. The normalized spacial score (nSPS) is 17.7. The van der Waals surface area contributed by atoms with E-state index in [9.17, 15) is 14.0 Å². The fraction of sp³-hybridized carbons (Fsp3) is 0.217. The number of halogens is 2. The monoisotopic (exact) mass is 474 g/mol. The van der Waals surface area contributed by atoms with Gasteiger partial charge in [0.15, 0.2) is 11.5 Å². The summed E-state index contributed by atoms with van der Waals surface area (Å²) in [6, 6.07) is 10.5. The minimum Gasteiger partial charge on any atom is -0.493 e. The van der Waals surface area contributed by atoms with Crippen molar-refractivity contribution in [1.82, 2.24) is 4.90 Å². The van der Waals surface area contributed by atoms with Crippen LogP contribution in [0.3, 0.4) is 0 Å². The summed E-state index contributed by atoms with van der Waals surface area (Å²) in [4.78, 5) is 29.2. The highest BCUT2D eigenvalue weighted by molar-refractivity contribution is 7.10. The van der Waals surface area contributed by atoms with Gasteiger partial charge >= 0.3 is 0 Å². The van der Waals surface area contributed by atoms with Crippen LogP contribution in [-0.4, -0.2) is 38.0 Å². The standard InChI is InChI=1S/C23H20ClFN2O4S/c1-27-21(19-5-4-8-32-19)20(22(28)26-12-6-7-16(25)15(24)9-12)13-10-17(30-2)18(31-3)11-14(13)23(27)29/h4-11,20-21H,1-3H3,(H,26,28)/t20-,21+/m1/s1. The van der Waals surface area contributed by atoms with Gasteiger partial charge in [-0.3, -0.25) is 9.59 Å². The summed E-state index contributed by atoms with van der Waals surface area (Å²) < 4.78 is 24.4. The number of hydrogen-bond donors (Lipinski definition) is 1. The molecule has 0 spiro atoms. The molecular formula is C23H20ClFN2O4S. The number of benzene rings is 2. The van der Waals surface area contributed by atoms with Crippen LogP contribution in [0, 0.1) is 5.82 Å². The molecule has 2 amide bonds. The molecule has 1 aliphatic rings. The van der Waals surface area contributed by atoms with Crippen LogP contribution in [0.5, 0.6) is 11.5 Å². The third kappa shape index (κ3) is 3.80. The van der Waals surface area contributed by atoms with E-state index in [2.05, 4.69) is 5.32 Å². The summed E-state index contributed by atoms with van der Waals surface area (Å²) in [6.07, 6.45) is 0. The number of hydrogen-bond acceptors (Lipinski definition) is 5. The molecule has 1 aliphatic heterocycles. The topological polar surface area (TPSA) is 67.9 Å². The van der Waals surface area contributed by atoms with Crippen molar-refractivity contribution in [3.05, 3.63) is 74.7 Å². The summed E-state index contributed by atoms with van der Waals surface area (Å²) in [5.74, 6) is -1.11. The Bertz CT molecular complexity index is 1180. The fourth-order valence-corrected chi connectivity index (χ4v) is 5.03. The van der Waals surface area contributed by atoms with Crippen molar-refractivity contribution >= 4 is 40.4 Å². The first-order valence-electron chi connectivity index (χ1n) is 9.68. The lowest BCUT2D eigenvalue weighted by atomic mass is 9.81. The van der Waals surface area contributed by atoms with Crippen molar-refractivity contribution in [3.63, 3.8) is 0 Å². The van der Waals surface area contributed by atoms with E-state index in [4.69, 9.17) is 21.1 Å². The van der Waals surface area contributed by atoms with Crippen LogP contribution in [0.1, 0.15) is 32.8 Å². The number of likely N-dealkylation sites (N-methyl/N-ethyl adjacent to an activating group) is 1. The van der Waals surface area contributed by atoms with Gasteiger partial charge in [0.1, 0.15) is 5.82 Å². The highest BCUT2D eigenvalue weighted by Gasteiger charge is 2.44. The molecule has 3 aromatic rings. The highest BCUT2D eigenvalue weighted by Crippen LogP contribution is 2.46. The molecule has 166 valence electrons. The Labute approximate surface area is 193 Å². The number of anilines is 1. The molecule has 0 saturated heterocycles. The van der Waals surface area contributed by atoms with Crippen molar-refractivity contribution < 1.29 is 23.5 Å². The van der Waals surface area contributed by atoms with E-state index in [0.717, 1.165) is 4.88 Å². The largest absolute Gasteiger partial charge is 0.493 e. The quantitative estimate of drug-likeness (QED) is 0.558. The smallest absolute Gasteiger partial charge is 0.254 e. The second-order valence-electron chi connectivity index (χ2n) is 7.27. The van der Waals surface area contributed by atoms with Crippen molar-refractivity contribution in [1.29, 1.82) is 0 Å². The highest BCUT2D eigenvalue weighted by atomic mass is 35.5. The first-order chi connectivity index (χ1) is 15.3. The van der Waals surface area contributed by atoms with E-state index in [1.165, 1.54) is 43.8 Å². The number of carbonyl (C=O) groups is 2. The van der Waals surface area contributed by atoms with E-state index >= 15 is 0 Å². The first kappa shape index (κ1) is 22.1. The molecule has 2 heterocycles. The van der Waals surface area contributed by atoms with Gasteiger partial charge in [-0.2, -0.15) is 0 Å². The van der Waals surface area contributed by atoms with Crippen molar-refractivity contribution in [3.8, 4) is 11.5 Å². The lowest BCUT2D eigenvalue weighted by Crippen LogP contribution is -2.43. The number of rotatable bonds is 5.